The fourth-order valence-corrected chi connectivity index (χ4v) is 4.06. The highest BCUT2D eigenvalue weighted by molar-refractivity contribution is 7.90. The van der Waals surface area contributed by atoms with Gasteiger partial charge >= 0.3 is 0 Å². The summed E-state index contributed by atoms with van der Waals surface area (Å²) in [5, 5.41) is 13.2. The van der Waals surface area contributed by atoms with Crippen LogP contribution in [0.15, 0.2) is 23.4 Å². The normalized spacial score (nSPS) is 22.3. The lowest BCUT2D eigenvalue weighted by Crippen LogP contribution is -2.47. The van der Waals surface area contributed by atoms with Crippen molar-refractivity contribution >= 4 is 15.7 Å². The maximum atomic E-state index is 12.5. The summed E-state index contributed by atoms with van der Waals surface area (Å²) in [5.74, 6) is -0.131. The minimum atomic E-state index is -3.37. The van der Waals surface area contributed by atoms with E-state index in [1.807, 2.05) is 6.92 Å². The summed E-state index contributed by atoms with van der Waals surface area (Å²) in [7, 11) is -3.37. The molecule has 1 aliphatic rings. The van der Waals surface area contributed by atoms with E-state index in [9.17, 15) is 13.2 Å². The van der Waals surface area contributed by atoms with Crippen molar-refractivity contribution in [2.75, 3.05) is 19.3 Å². The molecule has 0 aromatic carbocycles. The van der Waals surface area contributed by atoms with Crippen LogP contribution in [0.1, 0.15) is 35.9 Å². The zero-order valence-corrected chi connectivity index (χ0v) is 13.9. The number of carbonyl (C=O) groups is 1. The minimum Gasteiger partial charge on any atom is -0.336 e. The Morgan fingerprint density at radius 2 is 2.13 bits per heavy atom. The lowest BCUT2D eigenvalue weighted by atomic mass is 9.79. The molecule has 0 bridgehead atoms. The number of hydrogen-bond acceptors (Lipinski definition) is 5. The first-order chi connectivity index (χ1) is 10.8. The summed E-state index contributed by atoms with van der Waals surface area (Å²) >= 11 is 0. The van der Waals surface area contributed by atoms with E-state index in [1.165, 1.54) is 18.6 Å². The molecular formula is C14H19N5O3S. The Labute approximate surface area is 134 Å². The second kappa shape index (κ2) is 5.48. The molecule has 0 aliphatic carbocycles. The number of aromatic nitrogens is 4. The monoisotopic (exact) mass is 337 g/mol. The SMILES string of the molecule is C[C@]1(c2[nH]ncc2S(C)(=O)=O)CCCN(C(=O)c2ccn[nH]2)C1. The molecule has 3 rings (SSSR count). The summed E-state index contributed by atoms with van der Waals surface area (Å²) in [6.45, 7) is 3.02. The number of hydrogen-bond donors (Lipinski definition) is 2. The minimum absolute atomic E-state index is 0.131. The number of aromatic amines is 2. The predicted molar refractivity (Wildman–Crippen MR) is 82.8 cm³/mol. The number of amides is 1. The average Bonchev–Trinajstić information content (AvgIpc) is 3.17. The van der Waals surface area contributed by atoms with Gasteiger partial charge in [-0.3, -0.25) is 15.0 Å². The van der Waals surface area contributed by atoms with Gasteiger partial charge in [-0.25, -0.2) is 8.42 Å². The fraction of sp³-hybridized carbons (Fsp3) is 0.500. The molecule has 0 radical (unpaired) electrons. The quantitative estimate of drug-likeness (QED) is 0.857. The first kappa shape index (κ1) is 15.7. The van der Waals surface area contributed by atoms with E-state index in [0.29, 0.717) is 24.5 Å². The van der Waals surface area contributed by atoms with E-state index in [1.54, 1.807) is 11.0 Å². The largest absolute Gasteiger partial charge is 0.336 e. The van der Waals surface area contributed by atoms with Gasteiger partial charge in [-0.2, -0.15) is 10.2 Å². The van der Waals surface area contributed by atoms with Crippen LogP contribution in [0, 0.1) is 0 Å². The van der Waals surface area contributed by atoms with Crippen molar-refractivity contribution in [2.45, 2.75) is 30.1 Å². The van der Waals surface area contributed by atoms with E-state index in [0.717, 1.165) is 12.8 Å². The molecule has 0 unspecified atom stereocenters. The molecule has 2 N–H and O–H groups in total. The first-order valence-corrected chi connectivity index (χ1v) is 9.23. The molecule has 124 valence electrons. The zero-order chi connectivity index (χ0) is 16.7. The number of H-pyrrole nitrogens is 2. The number of nitrogens with one attached hydrogen (secondary N) is 2. The molecule has 8 nitrogen and oxygen atoms in total. The topological polar surface area (TPSA) is 112 Å². The van der Waals surface area contributed by atoms with Gasteiger partial charge in [0.05, 0.1) is 11.9 Å². The van der Waals surface area contributed by atoms with Crippen molar-refractivity contribution in [2.24, 2.45) is 0 Å². The molecule has 1 fully saturated rings. The Balaban J connectivity index is 1.91. The summed E-state index contributed by atoms with van der Waals surface area (Å²) in [4.78, 5) is 14.4. The fourth-order valence-electron chi connectivity index (χ4n) is 3.15. The molecule has 2 aromatic heterocycles. The van der Waals surface area contributed by atoms with Gasteiger partial charge in [-0.15, -0.1) is 0 Å². The Morgan fingerprint density at radius 1 is 1.35 bits per heavy atom. The summed E-state index contributed by atoms with van der Waals surface area (Å²) in [6, 6.07) is 1.63. The van der Waals surface area contributed by atoms with Crippen LogP contribution < -0.4 is 0 Å². The smallest absolute Gasteiger partial charge is 0.271 e. The standard InChI is InChI=1S/C14H19N5O3S/c1-14(12-11(8-16-18-12)23(2,21)22)5-3-7-19(9-14)13(20)10-4-6-15-17-10/h4,6,8H,3,5,7,9H2,1-2H3,(H,15,17)(H,16,18)/t14-/m0/s1. The molecule has 1 saturated heterocycles. The van der Waals surface area contributed by atoms with Crippen molar-refractivity contribution in [3.05, 3.63) is 29.8 Å². The van der Waals surface area contributed by atoms with Crippen LogP contribution in [0.3, 0.4) is 0 Å². The summed E-state index contributed by atoms with van der Waals surface area (Å²) in [6.07, 6.45) is 5.61. The zero-order valence-electron chi connectivity index (χ0n) is 13.0. The molecule has 0 spiro atoms. The van der Waals surface area contributed by atoms with E-state index < -0.39 is 15.3 Å². The van der Waals surface area contributed by atoms with Crippen LogP contribution in [0.4, 0.5) is 0 Å². The number of nitrogens with zero attached hydrogens (tertiary/aromatic N) is 3. The molecule has 1 aliphatic heterocycles. The van der Waals surface area contributed by atoms with Gasteiger partial charge in [0.2, 0.25) is 0 Å². The van der Waals surface area contributed by atoms with Gasteiger partial charge in [0, 0.05) is 31.0 Å². The summed E-state index contributed by atoms with van der Waals surface area (Å²) in [5.41, 5.74) is 0.521. The van der Waals surface area contributed by atoms with Crippen molar-refractivity contribution in [3.8, 4) is 0 Å². The highest BCUT2D eigenvalue weighted by Gasteiger charge is 2.39. The molecule has 9 heteroatoms. The van der Waals surface area contributed by atoms with Crippen LogP contribution in [0.25, 0.3) is 0 Å². The number of carbonyl (C=O) groups excluding carboxylic acids is 1. The Morgan fingerprint density at radius 3 is 2.78 bits per heavy atom. The van der Waals surface area contributed by atoms with Crippen molar-refractivity contribution in [1.82, 2.24) is 25.3 Å². The van der Waals surface area contributed by atoms with Crippen LogP contribution in [-0.2, 0) is 15.3 Å². The van der Waals surface area contributed by atoms with Gasteiger partial charge < -0.3 is 4.90 Å². The molecule has 2 aromatic rings. The van der Waals surface area contributed by atoms with E-state index >= 15 is 0 Å². The van der Waals surface area contributed by atoms with Gasteiger partial charge in [0.1, 0.15) is 10.6 Å². The number of likely N-dealkylation sites (tertiary alicyclic amines) is 1. The number of rotatable bonds is 3. The van der Waals surface area contributed by atoms with Crippen molar-refractivity contribution < 1.29 is 13.2 Å². The highest BCUT2D eigenvalue weighted by Crippen LogP contribution is 2.36. The maximum absolute atomic E-state index is 12.5. The Bertz CT molecular complexity index is 811. The number of sulfone groups is 1. The molecule has 1 atom stereocenters. The third-order valence-corrected chi connectivity index (χ3v) is 5.43. The van der Waals surface area contributed by atoms with Gasteiger partial charge in [-0.1, -0.05) is 6.92 Å². The third kappa shape index (κ3) is 2.88. The maximum Gasteiger partial charge on any atom is 0.271 e. The second-order valence-electron chi connectivity index (χ2n) is 6.24. The molecule has 23 heavy (non-hydrogen) atoms. The average molecular weight is 337 g/mol. The van der Waals surface area contributed by atoms with Gasteiger partial charge in [-0.05, 0) is 18.9 Å². The lowest BCUT2D eigenvalue weighted by molar-refractivity contribution is 0.0639. The van der Waals surface area contributed by atoms with E-state index in [4.69, 9.17) is 0 Å². The Kier molecular flexibility index (Phi) is 3.75. The second-order valence-corrected chi connectivity index (χ2v) is 8.23. The van der Waals surface area contributed by atoms with Crippen LogP contribution in [0.5, 0.6) is 0 Å². The molecule has 1 amide bonds. The molecule has 3 heterocycles. The number of piperidine rings is 1. The van der Waals surface area contributed by atoms with Crippen LogP contribution in [-0.4, -0.2) is 59.0 Å². The van der Waals surface area contributed by atoms with E-state index in [2.05, 4.69) is 20.4 Å². The Hall–Kier alpha value is -2.16. The van der Waals surface area contributed by atoms with E-state index in [-0.39, 0.29) is 10.8 Å². The van der Waals surface area contributed by atoms with Gasteiger partial charge in [0.15, 0.2) is 9.84 Å². The summed E-state index contributed by atoms with van der Waals surface area (Å²) < 4.78 is 23.9. The predicted octanol–water partition coefficient (Wildman–Crippen LogP) is 0.730. The van der Waals surface area contributed by atoms with Crippen molar-refractivity contribution in [3.63, 3.8) is 0 Å². The van der Waals surface area contributed by atoms with Crippen molar-refractivity contribution in [1.29, 1.82) is 0 Å². The molecular weight excluding hydrogens is 318 g/mol. The molecule has 0 saturated carbocycles. The highest BCUT2D eigenvalue weighted by atomic mass is 32.2. The lowest BCUT2D eigenvalue weighted by Gasteiger charge is -2.40. The van der Waals surface area contributed by atoms with Crippen LogP contribution >= 0.6 is 0 Å². The third-order valence-electron chi connectivity index (χ3n) is 4.32. The van der Waals surface area contributed by atoms with Crippen LogP contribution in [0.2, 0.25) is 0 Å². The van der Waals surface area contributed by atoms with Gasteiger partial charge in [0.25, 0.3) is 5.91 Å². The first-order valence-electron chi connectivity index (χ1n) is 7.34.